The average Bonchev–Trinajstić information content (AvgIpc) is 2.57. The highest BCUT2D eigenvalue weighted by molar-refractivity contribution is 6.42. The summed E-state index contributed by atoms with van der Waals surface area (Å²) in [5, 5.41) is 4.19. The van der Waals surface area contributed by atoms with Crippen molar-refractivity contribution >= 4 is 29.1 Å². The van der Waals surface area contributed by atoms with Crippen molar-refractivity contribution in [1.29, 1.82) is 0 Å². The van der Waals surface area contributed by atoms with Crippen LogP contribution >= 0.6 is 23.2 Å². The maximum absolute atomic E-state index is 12.0. The van der Waals surface area contributed by atoms with Gasteiger partial charge in [0.25, 0.3) is 0 Å². The number of hydrogen-bond acceptors (Lipinski definition) is 2. The highest BCUT2D eigenvalue weighted by atomic mass is 35.5. The van der Waals surface area contributed by atoms with Crippen LogP contribution in [-0.4, -0.2) is 11.9 Å². The first-order valence-corrected chi connectivity index (χ1v) is 8.82. The normalized spacial score (nSPS) is 21.0. The minimum absolute atomic E-state index is 0.00118. The summed E-state index contributed by atoms with van der Waals surface area (Å²) in [5.41, 5.74) is 9.20. The zero-order chi connectivity index (χ0) is 17.3. The number of benzene rings is 2. The van der Waals surface area contributed by atoms with Gasteiger partial charge in [-0.1, -0.05) is 53.5 Å². The van der Waals surface area contributed by atoms with Gasteiger partial charge in [0.1, 0.15) is 0 Å². The van der Waals surface area contributed by atoms with Gasteiger partial charge in [-0.05, 0) is 48.6 Å². The Morgan fingerprint density at radius 3 is 2.50 bits per heavy atom. The van der Waals surface area contributed by atoms with Gasteiger partial charge in [-0.15, -0.1) is 0 Å². The van der Waals surface area contributed by atoms with Crippen LogP contribution in [0.5, 0.6) is 0 Å². The molecule has 0 aliphatic heterocycles. The summed E-state index contributed by atoms with van der Waals surface area (Å²) < 4.78 is 0. The van der Waals surface area contributed by atoms with Crippen LogP contribution in [0.3, 0.4) is 0 Å². The van der Waals surface area contributed by atoms with Crippen molar-refractivity contribution in [2.24, 2.45) is 5.73 Å². The molecule has 5 heteroatoms. The molecule has 1 amide bonds. The molecule has 1 aliphatic rings. The van der Waals surface area contributed by atoms with Crippen molar-refractivity contribution < 1.29 is 4.79 Å². The maximum atomic E-state index is 12.0. The molecule has 0 fully saturated rings. The number of hydrogen-bond donors (Lipinski definition) is 2. The number of fused-ring (bicyclic) bond motifs is 1. The van der Waals surface area contributed by atoms with Crippen LogP contribution in [-0.2, 0) is 4.79 Å². The largest absolute Gasteiger partial charge is 0.348 e. The lowest BCUT2D eigenvalue weighted by atomic mass is 9.76. The Labute approximate surface area is 152 Å². The van der Waals surface area contributed by atoms with Crippen LogP contribution in [0.25, 0.3) is 0 Å². The Morgan fingerprint density at radius 2 is 1.83 bits per heavy atom. The molecular formula is C19H20Cl2N2O. The van der Waals surface area contributed by atoms with Crippen molar-refractivity contribution in [3.63, 3.8) is 0 Å². The molecule has 0 bridgehead atoms. The Kier molecular flexibility index (Phi) is 5.14. The summed E-state index contributed by atoms with van der Waals surface area (Å²) in [4.78, 5) is 12.0. The Hall–Kier alpha value is -1.55. The van der Waals surface area contributed by atoms with Crippen LogP contribution in [0.15, 0.2) is 42.5 Å². The van der Waals surface area contributed by atoms with Gasteiger partial charge in [0, 0.05) is 5.92 Å². The van der Waals surface area contributed by atoms with E-state index in [4.69, 9.17) is 28.9 Å². The quantitative estimate of drug-likeness (QED) is 0.848. The number of carbonyl (C=O) groups excluding carboxylic acids is 1. The molecule has 3 nitrogen and oxygen atoms in total. The summed E-state index contributed by atoms with van der Waals surface area (Å²) in [7, 11) is 0. The number of amides is 1. The van der Waals surface area contributed by atoms with Crippen LogP contribution < -0.4 is 11.1 Å². The van der Waals surface area contributed by atoms with Crippen LogP contribution in [0, 0.1) is 0 Å². The lowest BCUT2D eigenvalue weighted by molar-refractivity contribution is -0.122. The molecule has 0 saturated heterocycles. The lowest BCUT2D eigenvalue weighted by Crippen LogP contribution is -2.41. The summed E-state index contributed by atoms with van der Waals surface area (Å²) in [6, 6.07) is 13.5. The molecule has 24 heavy (non-hydrogen) atoms. The predicted octanol–water partition coefficient (Wildman–Crippen LogP) is 4.42. The average molecular weight is 363 g/mol. The fraction of sp³-hybridized carbons (Fsp3) is 0.316. The first-order chi connectivity index (χ1) is 11.5. The predicted molar refractivity (Wildman–Crippen MR) is 98.5 cm³/mol. The van der Waals surface area contributed by atoms with E-state index in [9.17, 15) is 4.79 Å². The molecule has 2 aromatic carbocycles. The maximum Gasteiger partial charge on any atom is 0.237 e. The van der Waals surface area contributed by atoms with Crippen molar-refractivity contribution in [3.05, 3.63) is 69.2 Å². The van der Waals surface area contributed by atoms with Gasteiger partial charge in [-0.3, -0.25) is 4.79 Å². The van der Waals surface area contributed by atoms with Crippen molar-refractivity contribution in [3.8, 4) is 0 Å². The summed E-state index contributed by atoms with van der Waals surface area (Å²) in [6.07, 6.45) is 1.79. The molecular weight excluding hydrogens is 343 g/mol. The molecule has 126 valence electrons. The molecule has 3 unspecified atom stereocenters. The van der Waals surface area contributed by atoms with Crippen molar-refractivity contribution in [1.82, 2.24) is 5.32 Å². The summed E-state index contributed by atoms with van der Waals surface area (Å²) >= 11 is 12.2. The van der Waals surface area contributed by atoms with Crippen LogP contribution in [0.1, 0.15) is 48.4 Å². The minimum Gasteiger partial charge on any atom is -0.348 e. The Morgan fingerprint density at radius 1 is 1.12 bits per heavy atom. The SMILES string of the molecule is CC(N)C(=O)NC1CCC(c2ccc(Cl)c(Cl)c2)c2ccccc21. The Bertz CT molecular complexity index is 761. The van der Waals surface area contributed by atoms with E-state index in [1.54, 1.807) is 6.92 Å². The molecule has 3 N–H and O–H groups in total. The van der Waals surface area contributed by atoms with E-state index in [1.807, 2.05) is 30.3 Å². The molecule has 1 aliphatic carbocycles. The number of halogens is 2. The van der Waals surface area contributed by atoms with Gasteiger partial charge in [-0.2, -0.15) is 0 Å². The third-order valence-electron chi connectivity index (χ3n) is 4.57. The fourth-order valence-corrected chi connectivity index (χ4v) is 3.62. The van der Waals surface area contributed by atoms with Gasteiger partial charge in [0.05, 0.1) is 22.1 Å². The topological polar surface area (TPSA) is 55.1 Å². The van der Waals surface area contributed by atoms with E-state index in [2.05, 4.69) is 17.4 Å². The van der Waals surface area contributed by atoms with Crippen molar-refractivity contribution in [2.75, 3.05) is 0 Å². The highest BCUT2D eigenvalue weighted by Gasteiger charge is 2.29. The second kappa shape index (κ2) is 7.14. The van der Waals surface area contributed by atoms with Gasteiger partial charge < -0.3 is 11.1 Å². The molecule has 0 heterocycles. The van der Waals surface area contributed by atoms with Gasteiger partial charge in [0.15, 0.2) is 0 Å². The molecule has 2 aromatic rings. The molecule has 0 spiro atoms. The third-order valence-corrected chi connectivity index (χ3v) is 5.31. The van der Waals surface area contributed by atoms with E-state index in [0.29, 0.717) is 10.0 Å². The molecule has 0 radical (unpaired) electrons. The Balaban J connectivity index is 1.94. The molecule has 3 rings (SSSR count). The number of nitrogens with one attached hydrogen (secondary N) is 1. The number of rotatable bonds is 3. The molecule has 0 aromatic heterocycles. The van der Waals surface area contributed by atoms with Gasteiger partial charge in [-0.25, -0.2) is 0 Å². The second-order valence-electron chi connectivity index (χ2n) is 6.28. The van der Waals surface area contributed by atoms with E-state index < -0.39 is 6.04 Å². The van der Waals surface area contributed by atoms with Gasteiger partial charge >= 0.3 is 0 Å². The zero-order valence-corrected chi connectivity index (χ0v) is 14.9. The van der Waals surface area contributed by atoms with Crippen molar-refractivity contribution in [2.45, 2.75) is 37.8 Å². The van der Waals surface area contributed by atoms with E-state index >= 15 is 0 Å². The summed E-state index contributed by atoms with van der Waals surface area (Å²) in [5.74, 6) is 0.127. The van der Waals surface area contributed by atoms with E-state index in [0.717, 1.165) is 24.0 Å². The zero-order valence-electron chi connectivity index (χ0n) is 13.4. The monoisotopic (exact) mass is 362 g/mol. The van der Waals surface area contributed by atoms with Gasteiger partial charge in [0.2, 0.25) is 5.91 Å². The summed E-state index contributed by atoms with van der Waals surface area (Å²) in [6.45, 7) is 1.70. The number of carbonyl (C=O) groups is 1. The van der Waals surface area contributed by atoms with E-state index in [1.165, 1.54) is 5.56 Å². The highest BCUT2D eigenvalue weighted by Crippen LogP contribution is 2.42. The van der Waals surface area contributed by atoms with Crippen LogP contribution in [0.2, 0.25) is 10.0 Å². The number of nitrogens with two attached hydrogens (primary N) is 1. The minimum atomic E-state index is -0.509. The molecule has 0 saturated carbocycles. The lowest BCUT2D eigenvalue weighted by Gasteiger charge is -2.33. The fourth-order valence-electron chi connectivity index (χ4n) is 3.32. The smallest absolute Gasteiger partial charge is 0.237 e. The first-order valence-electron chi connectivity index (χ1n) is 8.07. The second-order valence-corrected chi connectivity index (χ2v) is 7.10. The standard InChI is InChI=1S/C19H20Cl2N2O/c1-11(22)19(24)23-18-9-7-13(14-4-2-3-5-15(14)18)12-6-8-16(20)17(21)10-12/h2-6,8,10-11,13,18H,7,9,22H2,1H3,(H,23,24). The van der Waals surface area contributed by atoms with E-state index in [-0.39, 0.29) is 17.9 Å². The van der Waals surface area contributed by atoms with Crippen LogP contribution in [0.4, 0.5) is 0 Å². The first kappa shape index (κ1) is 17.3. The third kappa shape index (κ3) is 3.44. The molecule has 3 atom stereocenters.